The minimum Gasteiger partial charge on any atom is -0.458 e. The summed E-state index contributed by atoms with van der Waals surface area (Å²) in [6, 6.07) is 7.56. The molecule has 1 unspecified atom stereocenters. The van der Waals surface area contributed by atoms with Crippen LogP contribution in [-0.2, 0) is 19.3 Å². The summed E-state index contributed by atoms with van der Waals surface area (Å²) in [7, 11) is -2.99. The highest BCUT2D eigenvalue weighted by Crippen LogP contribution is 2.26. The first-order valence-corrected chi connectivity index (χ1v) is 18.8. The molecule has 3 rings (SSSR count). The van der Waals surface area contributed by atoms with E-state index in [4.69, 9.17) is 9.47 Å². The van der Waals surface area contributed by atoms with Crippen LogP contribution in [0.5, 0.6) is 0 Å². The molecule has 1 aliphatic rings. The minimum absolute atomic E-state index is 0.0913. The maximum atomic E-state index is 13.1. The molecule has 2 aromatic rings. The second-order valence-corrected chi connectivity index (χ2v) is 17.1. The first kappa shape index (κ1) is 32.2. The molecule has 1 saturated heterocycles. The fourth-order valence-corrected chi connectivity index (χ4v) is 9.33. The molecular formula is C22H19I6NO6S. The topological polar surface area (TPSA) is 90.0 Å². The maximum Gasteiger partial charge on any atom is 0.340 e. The standard InChI is InChI=1S/C22H19I6NO6S/c23-12-9-14(19(27)17(26)10-12)21(30)35-13(3-4-29-5-7-36(32,33)8-6-29)11-34-22(31)18-15(24)1-2-16(25)20(18)28/h1-2,9-10,13H,3-8,11H2. The van der Waals surface area contributed by atoms with Crippen molar-refractivity contribution >= 4 is 157 Å². The number of benzene rings is 2. The molecule has 2 aromatic carbocycles. The Bertz CT molecular complexity index is 1260. The molecule has 7 nitrogen and oxygen atoms in total. The van der Waals surface area contributed by atoms with E-state index in [1.54, 1.807) is 6.07 Å². The number of carbonyl (C=O) groups excluding carboxylic acids is 2. The predicted octanol–water partition coefficient (Wildman–Crippen LogP) is 5.82. The first-order valence-electron chi connectivity index (χ1n) is 10.5. The number of halogens is 6. The van der Waals surface area contributed by atoms with Crippen LogP contribution in [0.4, 0.5) is 0 Å². The molecule has 0 aromatic heterocycles. The Morgan fingerprint density at radius 2 is 1.53 bits per heavy atom. The molecule has 0 spiro atoms. The van der Waals surface area contributed by atoms with E-state index >= 15 is 0 Å². The predicted molar refractivity (Wildman–Crippen MR) is 188 cm³/mol. The summed E-state index contributed by atoms with van der Waals surface area (Å²) in [5.74, 6) is -0.702. The zero-order valence-electron chi connectivity index (χ0n) is 18.4. The van der Waals surface area contributed by atoms with Crippen LogP contribution in [0.1, 0.15) is 27.1 Å². The van der Waals surface area contributed by atoms with E-state index in [9.17, 15) is 18.0 Å². The Hall–Kier alpha value is 1.67. The number of rotatable bonds is 8. The lowest BCUT2D eigenvalue weighted by molar-refractivity contribution is -0.00524. The van der Waals surface area contributed by atoms with Gasteiger partial charge in [0, 0.05) is 47.5 Å². The fourth-order valence-electron chi connectivity index (χ4n) is 3.35. The van der Waals surface area contributed by atoms with Crippen molar-refractivity contribution in [1.29, 1.82) is 0 Å². The second kappa shape index (κ2) is 14.5. The summed E-state index contributed by atoms with van der Waals surface area (Å²) in [5.41, 5.74) is 0.963. The second-order valence-electron chi connectivity index (χ2n) is 7.88. The first-order chi connectivity index (χ1) is 16.9. The van der Waals surface area contributed by atoms with Crippen molar-refractivity contribution in [3.8, 4) is 0 Å². The summed E-state index contributed by atoms with van der Waals surface area (Å²) in [6.45, 7) is 1.32. The van der Waals surface area contributed by atoms with Crippen LogP contribution in [0.2, 0.25) is 0 Å². The average Bonchev–Trinajstić information content (AvgIpc) is 2.81. The molecule has 0 aliphatic carbocycles. The van der Waals surface area contributed by atoms with Gasteiger partial charge in [-0.2, -0.15) is 0 Å². The number of hydrogen-bond donors (Lipinski definition) is 0. The molecule has 0 amide bonds. The molecule has 0 radical (unpaired) electrons. The van der Waals surface area contributed by atoms with E-state index < -0.39 is 27.9 Å². The molecule has 36 heavy (non-hydrogen) atoms. The monoisotopic (exact) mass is 1190 g/mol. The van der Waals surface area contributed by atoms with Crippen LogP contribution < -0.4 is 0 Å². The van der Waals surface area contributed by atoms with Gasteiger partial charge < -0.3 is 14.4 Å². The molecule has 196 valence electrons. The Labute approximate surface area is 292 Å². The van der Waals surface area contributed by atoms with Crippen molar-refractivity contribution in [3.05, 3.63) is 56.8 Å². The fraction of sp³-hybridized carbons (Fsp3) is 0.364. The van der Waals surface area contributed by atoms with E-state index in [-0.39, 0.29) is 18.1 Å². The highest BCUT2D eigenvalue weighted by molar-refractivity contribution is 14.1. The van der Waals surface area contributed by atoms with E-state index in [0.29, 0.717) is 37.2 Å². The molecule has 0 N–H and O–H groups in total. The third kappa shape index (κ3) is 9.09. The van der Waals surface area contributed by atoms with Crippen LogP contribution in [-0.4, -0.2) is 69.1 Å². The van der Waals surface area contributed by atoms with Crippen LogP contribution in [0.25, 0.3) is 0 Å². The summed E-state index contributed by atoms with van der Waals surface area (Å²) >= 11 is 12.9. The van der Waals surface area contributed by atoms with Crippen LogP contribution in [0.15, 0.2) is 24.3 Å². The minimum atomic E-state index is -2.99. The van der Waals surface area contributed by atoms with E-state index in [0.717, 1.165) is 21.4 Å². The molecule has 1 fully saturated rings. The van der Waals surface area contributed by atoms with Gasteiger partial charge in [0.1, 0.15) is 12.7 Å². The van der Waals surface area contributed by atoms with Gasteiger partial charge >= 0.3 is 11.9 Å². The third-order valence-electron chi connectivity index (χ3n) is 5.34. The van der Waals surface area contributed by atoms with Crippen molar-refractivity contribution in [1.82, 2.24) is 4.90 Å². The van der Waals surface area contributed by atoms with Crippen LogP contribution >= 0.6 is 136 Å². The van der Waals surface area contributed by atoms with Gasteiger partial charge in [0.15, 0.2) is 9.84 Å². The van der Waals surface area contributed by atoms with Crippen LogP contribution in [0, 0.1) is 21.4 Å². The number of esters is 2. The van der Waals surface area contributed by atoms with Crippen molar-refractivity contribution in [3.63, 3.8) is 0 Å². The SMILES string of the molecule is O=C(OC(CCN1CCS(=O)(=O)CC1)COC(=O)c1c(I)ccc(I)c1I)c1cc(I)cc(I)c1I. The zero-order valence-corrected chi connectivity index (χ0v) is 32.2. The number of carbonyl (C=O) groups is 2. The van der Waals surface area contributed by atoms with Gasteiger partial charge in [0.2, 0.25) is 0 Å². The number of hydrogen-bond acceptors (Lipinski definition) is 7. The Balaban J connectivity index is 1.74. The van der Waals surface area contributed by atoms with Gasteiger partial charge in [-0.1, -0.05) is 0 Å². The zero-order chi connectivity index (χ0) is 26.6. The molecule has 14 heteroatoms. The number of ether oxygens (including phenoxy) is 2. The van der Waals surface area contributed by atoms with Gasteiger partial charge in [-0.25, -0.2) is 18.0 Å². The van der Waals surface area contributed by atoms with Gasteiger partial charge in [-0.05, 0) is 160 Å². The van der Waals surface area contributed by atoms with E-state index in [2.05, 4.69) is 136 Å². The highest BCUT2D eigenvalue weighted by atomic mass is 127. The van der Waals surface area contributed by atoms with Gasteiger partial charge in [0.05, 0.1) is 22.6 Å². The summed E-state index contributed by atoms with van der Waals surface area (Å²) < 4.78 is 40.2. The highest BCUT2D eigenvalue weighted by Gasteiger charge is 2.26. The summed E-state index contributed by atoms with van der Waals surface area (Å²) in [6.07, 6.45) is -0.263. The van der Waals surface area contributed by atoms with Crippen molar-refractivity contribution in [2.45, 2.75) is 12.5 Å². The Morgan fingerprint density at radius 1 is 0.889 bits per heavy atom. The normalized spacial score (nSPS) is 16.4. The quantitative estimate of drug-likeness (QED) is 0.187. The third-order valence-corrected chi connectivity index (χ3v) is 14.6. The average molecular weight is 1190 g/mol. The molecule has 1 heterocycles. The van der Waals surface area contributed by atoms with E-state index in [1.165, 1.54) is 0 Å². The van der Waals surface area contributed by atoms with Gasteiger partial charge in [0.25, 0.3) is 0 Å². The lowest BCUT2D eigenvalue weighted by atomic mass is 10.2. The molecule has 0 saturated carbocycles. The Morgan fingerprint density at radius 3 is 2.19 bits per heavy atom. The van der Waals surface area contributed by atoms with Gasteiger partial charge in [-0.3, -0.25) is 0 Å². The smallest absolute Gasteiger partial charge is 0.340 e. The number of sulfone groups is 1. The largest absolute Gasteiger partial charge is 0.458 e. The van der Waals surface area contributed by atoms with Gasteiger partial charge in [-0.15, -0.1) is 0 Å². The van der Waals surface area contributed by atoms with E-state index in [1.807, 2.05) is 23.1 Å². The lowest BCUT2D eigenvalue weighted by Gasteiger charge is -2.28. The molecular weight excluding hydrogens is 1170 g/mol. The molecule has 1 atom stereocenters. The maximum absolute atomic E-state index is 13.1. The summed E-state index contributed by atoms with van der Waals surface area (Å²) in [4.78, 5) is 28.1. The Kier molecular flexibility index (Phi) is 13.0. The van der Waals surface area contributed by atoms with Crippen molar-refractivity contribution in [2.75, 3.05) is 37.7 Å². The lowest BCUT2D eigenvalue weighted by Crippen LogP contribution is -2.42. The molecule has 1 aliphatic heterocycles. The van der Waals surface area contributed by atoms with Crippen molar-refractivity contribution < 1.29 is 27.5 Å². The number of nitrogens with zero attached hydrogens (tertiary/aromatic N) is 1. The van der Waals surface area contributed by atoms with Crippen molar-refractivity contribution in [2.24, 2.45) is 0 Å². The van der Waals surface area contributed by atoms with Crippen LogP contribution in [0.3, 0.4) is 0 Å². The molecule has 0 bridgehead atoms. The summed E-state index contributed by atoms with van der Waals surface area (Å²) in [5, 5.41) is 0.